The molecule has 3 aromatic rings. The first-order valence-electron chi connectivity index (χ1n) is 10.9. The molecule has 0 aromatic heterocycles. The minimum Gasteiger partial charge on any atom is -0.428 e. The second-order valence-electron chi connectivity index (χ2n) is 7.82. The smallest absolute Gasteiger partial charge is 0.416 e. The lowest BCUT2D eigenvalue weighted by atomic mass is 9.94. The van der Waals surface area contributed by atoms with Crippen LogP contribution in [-0.4, -0.2) is 29.6 Å². The molecular weight excluding hydrogens is 402 g/mol. The van der Waals surface area contributed by atoms with Gasteiger partial charge >= 0.3 is 12.1 Å². The number of carbonyl (C=O) groups excluding carboxylic acids is 1. The molecule has 0 saturated carbocycles. The van der Waals surface area contributed by atoms with Gasteiger partial charge in [-0.05, 0) is 24.1 Å². The Balaban J connectivity index is 1.58. The lowest BCUT2D eigenvalue weighted by molar-refractivity contribution is -0.328. The summed E-state index contributed by atoms with van der Waals surface area (Å²) < 4.78 is 18.2. The van der Waals surface area contributed by atoms with E-state index in [1.807, 2.05) is 104 Å². The Hall–Kier alpha value is -3.57. The van der Waals surface area contributed by atoms with Crippen LogP contribution < -0.4 is 0 Å². The van der Waals surface area contributed by atoms with Crippen molar-refractivity contribution >= 4 is 11.9 Å². The van der Waals surface area contributed by atoms with E-state index in [9.17, 15) is 4.79 Å². The number of carbonyl (C=O) groups is 1. The van der Waals surface area contributed by atoms with E-state index in [-0.39, 0.29) is 6.04 Å². The first kappa shape index (κ1) is 20.3. The van der Waals surface area contributed by atoms with Gasteiger partial charge in [0, 0.05) is 12.0 Å². The van der Waals surface area contributed by atoms with Crippen LogP contribution in [0.2, 0.25) is 0 Å². The lowest BCUT2D eigenvalue weighted by Crippen LogP contribution is -2.51. The molecule has 2 aliphatic heterocycles. The molecule has 0 spiro atoms. The Morgan fingerprint density at radius 2 is 1.47 bits per heavy atom. The van der Waals surface area contributed by atoms with Crippen LogP contribution in [0.3, 0.4) is 0 Å². The molecular formula is C27H25NO4. The molecule has 2 aliphatic rings. The number of benzene rings is 3. The Morgan fingerprint density at radius 3 is 2.03 bits per heavy atom. The van der Waals surface area contributed by atoms with Crippen LogP contribution in [0.15, 0.2) is 97.1 Å². The van der Waals surface area contributed by atoms with Crippen molar-refractivity contribution in [1.29, 1.82) is 0 Å². The van der Waals surface area contributed by atoms with Crippen molar-refractivity contribution in [2.24, 2.45) is 0 Å². The standard InChI is InChI=1S/C27H25NO4/c1-2-30-27-24(19-18-23(31-27)20-12-6-3-7-13-20)28(26(29)32-27)25(21-14-8-4-9-15-21)22-16-10-5-11-17-22/h3-18,24-25H,2,19H2,1H3. The van der Waals surface area contributed by atoms with Gasteiger partial charge in [-0.15, -0.1) is 0 Å². The molecule has 1 saturated heterocycles. The van der Waals surface area contributed by atoms with Crippen LogP contribution >= 0.6 is 0 Å². The van der Waals surface area contributed by atoms with Crippen LogP contribution in [0, 0.1) is 0 Å². The van der Waals surface area contributed by atoms with Crippen LogP contribution in [0.25, 0.3) is 5.76 Å². The Morgan fingerprint density at radius 1 is 0.906 bits per heavy atom. The summed E-state index contributed by atoms with van der Waals surface area (Å²) in [6.07, 6.45) is 2.11. The third kappa shape index (κ3) is 3.55. The summed E-state index contributed by atoms with van der Waals surface area (Å²) in [5.41, 5.74) is 2.92. The number of amides is 1. The SMILES string of the molecule is CCOC12OC(=O)N(C(c3ccccc3)c3ccccc3)C1CC=C(c1ccccc1)O2. The monoisotopic (exact) mass is 427 g/mol. The molecule has 2 heterocycles. The van der Waals surface area contributed by atoms with E-state index in [0.717, 1.165) is 16.7 Å². The fourth-order valence-electron chi connectivity index (χ4n) is 4.51. The van der Waals surface area contributed by atoms with E-state index in [1.54, 1.807) is 4.90 Å². The summed E-state index contributed by atoms with van der Waals surface area (Å²) in [6.45, 7) is 2.22. The predicted octanol–water partition coefficient (Wildman–Crippen LogP) is 5.75. The summed E-state index contributed by atoms with van der Waals surface area (Å²) in [4.78, 5) is 15.1. The largest absolute Gasteiger partial charge is 0.428 e. The second kappa shape index (κ2) is 8.52. The Labute approximate surface area is 187 Å². The molecule has 32 heavy (non-hydrogen) atoms. The first-order valence-corrected chi connectivity index (χ1v) is 10.9. The van der Waals surface area contributed by atoms with Crippen molar-refractivity contribution < 1.29 is 19.0 Å². The van der Waals surface area contributed by atoms with Gasteiger partial charge in [-0.25, -0.2) is 4.79 Å². The maximum Gasteiger partial charge on any atom is 0.416 e. The summed E-state index contributed by atoms with van der Waals surface area (Å²) in [5.74, 6) is -0.839. The molecule has 0 aliphatic carbocycles. The molecule has 1 fully saturated rings. The summed E-state index contributed by atoms with van der Waals surface area (Å²) in [7, 11) is 0. The maximum atomic E-state index is 13.4. The van der Waals surface area contributed by atoms with E-state index < -0.39 is 18.1 Å². The van der Waals surface area contributed by atoms with Gasteiger partial charge in [-0.3, -0.25) is 4.90 Å². The van der Waals surface area contributed by atoms with Gasteiger partial charge in [0.25, 0.3) is 0 Å². The molecule has 0 N–H and O–H groups in total. The van der Waals surface area contributed by atoms with Crippen LogP contribution in [0.5, 0.6) is 0 Å². The van der Waals surface area contributed by atoms with Gasteiger partial charge in [-0.2, -0.15) is 0 Å². The number of nitrogens with zero attached hydrogens (tertiary/aromatic N) is 1. The number of hydrogen-bond donors (Lipinski definition) is 0. The highest BCUT2D eigenvalue weighted by Gasteiger charge is 2.61. The van der Waals surface area contributed by atoms with Gasteiger partial charge in [0.1, 0.15) is 11.8 Å². The van der Waals surface area contributed by atoms with Crippen molar-refractivity contribution in [3.8, 4) is 0 Å². The zero-order chi connectivity index (χ0) is 22.0. The zero-order valence-electron chi connectivity index (χ0n) is 17.9. The molecule has 162 valence electrons. The third-order valence-electron chi connectivity index (χ3n) is 5.88. The average molecular weight is 428 g/mol. The summed E-state index contributed by atoms with van der Waals surface area (Å²) in [6, 6.07) is 29.0. The van der Waals surface area contributed by atoms with Gasteiger partial charge in [0.05, 0.1) is 12.6 Å². The third-order valence-corrected chi connectivity index (χ3v) is 5.88. The van der Waals surface area contributed by atoms with E-state index in [2.05, 4.69) is 0 Å². The van der Waals surface area contributed by atoms with E-state index >= 15 is 0 Å². The minimum absolute atomic E-state index is 0.326. The molecule has 2 unspecified atom stereocenters. The quantitative estimate of drug-likeness (QED) is 0.503. The fraction of sp³-hybridized carbons (Fsp3) is 0.222. The minimum atomic E-state index is -1.49. The van der Waals surface area contributed by atoms with Crippen molar-refractivity contribution in [3.05, 3.63) is 114 Å². The maximum absolute atomic E-state index is 13.4. The molecule has 0 bridgehead atoms. The van der Waals surface area contributed by atoms with E-state index in [0.29, 0.717) is 18.8 Å². The van der Waals surface area contributed by atoms with Crippen molar-refractivity contribution in [2.45, 2.75) is 31.4 Å². The molecule has 3 aromatic carbocycles. The predicted molar refractivity (Wildman–Crippen MR) is 121 cm³/mol. The van der Waals surface area contributed by atoms with Crippen molar-refractivity contribution in [1.82, 2.24) is 4.90 Å². The highest BCUT2D eigenvalue weighted by atomic mass is 16.9. The number of fused-ring (bicyclic) bond motifs is 1. The summed E-state index contributed by atoms with van der Waals surface area (Å²) >= 11 is 0. The number of rotatable bonds is 6. The van der Waals surface area contributed by atoms with Gasteiger partial charge in [0.15, 0.2) is 0 Å². The fourth-order valence-corrected chi connectivity index (χ4v) is 4.51. The molecule has 2 atom stereocenters. The summed E-state index contributed by atoms with van der Waals surface area (Å²) in [5, 5.41) is 0. The van der Waals surface area contributed by atoms with Crippen molar-refractivity contribution in [3.63, 3.8) is 0 Å². The molecule has 5 nitrogen and oxygen atoms in total. The highest BCUT2D eigenvalue weighted by Crippen LogP contribution is 2.46. The van der Waals surface area contributed by atoms with Gasteiger partial charge in [-0.1, -0.05) is 91.0 Å². The average Bonchev–Trinajstić information content (AvgIpc) is 3.12. The van der Waals surface area contributed by atoms with Crippen LogP contribution in [-0.2, 0) is 14.2 Å². The van der Waals surface area contributed by atoms with Gasteiger partial charge in [0.2, 0.25) is 0 Å². The molecule has 0 radical (unpaired) electrons. The zero-order valence-corrected chi connectivity index (χ0v) is 17.9. The molecule has 1 amide bonds. The van der Waals surface area contributed by atoms with Crippen LogP contribution in [0.4, 0.5) is 4.79 Å². The van der Waals surface area contributed by atoms with E-state index in [4.69, 9.17) is 14.2 Å². The molecule has 5 heteroatoms. The number of ether oxygens (including phenoxy) is 3. The Bertz CT molecular complexity index is 1060. The second-order valence-corrected chi connectivity index (χ2v) is 7.82. The van der Waals surface area contributed by atoms with Gasteiger partial charge < -0.3 is 14.2 Å². The topological polar surface area (TPSA) is 48.0 Å². The normalized spacial score (nSPS) is 22.2. The van der Waals surface area contributed by atoms with Crippen molar-refractivity contribution in [2.75, 3.05) is 6.61 Å². The van der Waals surface area contributed by atoms with Crippen LogP contribution in [0.1, 0.15) is 36.1 Å². The van der Waals surface area contributed by atoms with E-state index in [1.165, 1.54) is 0 Å². The Kier molecular flexibility index (Phi) is 5.41. The highest BCUT2D eigenvalue weighted by molar-refractivity contribution is 5.74. The first-order chi connectivity index (χ1) is 15.7. The number of hydrogen-bond acceptors (Lipinski definition) is 4. The lowest BCUT2D eigenvalue weighted by Gasteiger charge is -2.39. The molecule has 5 rings (SSSR count).